The molecular formula is C17H23N3O. The van der Waals surface area contributed by atoms with Crippen molar-refractivity contribution in [2.45, 2.75) is 31.7 Å². The number of nitrogens with zero attached hydrogens (tertiary/aromatic N) is 1. The van der Waals surface area contributed by atoms with Crippen molar-refractivity contribution < 1.29 is 4.74 Å². The van der Waals surface area contributed by atoms with Gasteiger partial charge in [-0.15, -0.1) is 0 Å². The van der Waals surface area contributed by atoms with E-state index in [1.54, 1.807) is 7.11 Å². The number of fused-ring (bicyclic) bond motifs is 1. The van der Waals surface area contributed by atoms with Crippen molar-refractivity contribution in [3.05, 3.63) is 30.5 Å². The van der Waals surface area contributed by atoms with E-state index in [0.29, 0.717) is 18.5 Å². The largest absolute Gasteiger partial charge is 0.497 e. The molecule has 1 aliphatic rings. The van der Waals surface area contributed by atoms with Gasteiger partial charge in [-0.1, -0.05) is 12.8 Å². The number of nitrogens with two attached hydrogens (primary N) is 1. The first-order chi connectivity index (χ1) is 10.3. The third-order valence-electron chi connectivity index (χ3n) is 4.52. The van der Waals surface area contributed by atoms with Gasteiger partial charge in [-0.05, 0) is 48.4 Å². The second-order valence-corrected chi connectivity index (χ2v) is 5.78. The third kappa shape index (κ3) is 2.95. The summed E-state index contributed by atoms with van der Waals surface area (Å²) in [4.78, 5) is 4.51. The molecule has 0 aliphatic heterocycles. The molecule has 1 unspecified atom stereocenters. The summed E-state index contributed by atoms with van der Waals surface area (Å²) in [5, 5.41) is 5.83. The summed E-state index contributed by atoms with van der Waals surface area (Å²) in [5.74, 6) is 2.47. The van der Waals surface area contributed by atoms with Gasteiger partial charge in [0.2, 0.25) is 0 Å². The van der Waals surface area contributed by atoms with E-state index in [9.17, 15) is 0 Å². The summed E-state index contributed by atoms with van der Waals surface area (Å²) in [6, 6.07) is 8.40. The molecule has 1 heterocycles. The minimum absolute atomic E-state index is 0.313. The van der Waals surface area contributed by atoms with Crippen molar-refractivity contribution in [1.29, 1.82) is 0 Å². The summed E-state index contributed by atoms with van der Waals surface area (Å²) in [6.07, 6.45) is 7.03. The van der Waals surface area contributed by atoms with E-state index in [2.05, 4.69) is 16.4 Å². The lowest BCUT2D eigenvalue weighted by Crippen LogP contribution is -2.35. The predicted molar refractivity (Wildman–Crippen MR) is 86.7 cm³/mol. The van der Waals surface area contributed by atoms with Crippen LogP contribution in [0, 0.1) is 5.92 Å². The van der Waals surface area contributed by atoms with Gasteiger partial charge in [0.1, 0.15) is 11.6 Å². The molecule has 112 valence electrons. The Morgan fingerprint density at radius 1 is 1.33 bits per heavy atom. The van der Waals surface area contributed by atoms with Crippen LogP contribution in [0.3, 0.4) is 0 Å². The molecule has 1 fully saturated rings. The van der Waals surface area contributed by atoms with Crippen LogP contribution in [0.5, 0.6) is 5.75 Å². The molecule has 1 aromatic carbocycles. The summed E-state index contributed by atoms with van der Waals surface area (Å²) in [6.45, 7) is 0.652. The first-order valence-electron chi connectivity index (χ1n) is 7.71. The maximum absolute atomic E-state index is 5.98. The van der Waals surface area contributed by atoms with E-state index in [0.717, 1.165) is 22.3 Å². The predicted octanol–water partition coefficient (Wildman–Crippen LogP) is 3.17. The van der Waals surface area contributed by atoms with E-state index in [-0.39, 0.29) is 0 Å². The number of nitrogens with one attached hydrogen (secondary N) is 1. The molecule has 1 aliphatic carbocycles. The van der Waals surface area contributed by atoms with Crippen molar-refractivity contribution in [1.82, 2.24) is 4.98 Å². The summed E-state index contributed by atoms with van der Waals surface area (Å²) in [5.41, 5.74) is 5.98. The molecule has 3 N–H and O–H groups in total. The maximum atomic E-state index is 5.98. The maximum Gasteiger partial charge on any atom is 0.134 e. The van der Waals surface area contributed by atoms with Crippen LogP contribution in [-0.4, -0.2) is 24.7 Å². The second kappa shape index (κ2) is 6.31. The highest BCUT2D eigenvalue weighted by Gasteiger charge is 2.24. The minimum atomic E-state index is 0.313. The molecular weight excluding hydrogens is 262 g/mol. The topological polar surface area (TPSA) is 60.2 Å². The van der Waals surface area contributed by atoms with Crippen LogP contribution in [0.1, 0.15) is 25.7 Å². The van der Waals surface area contributed by atoms with Crippen LogP contribution in [0.4, 0.5) is 5.82 Å². The van der Waals surface area contributed by atoms with Gasteiger partial charge >= 0.3 is 0 Å². The fourth-order valence-corrected chi connectivity index (χ4v) is 3.30. The highest BCUT2D eigenvalue weighted by atomic mass is 16.5. The minimum Gasteiger partial charge on any atom is -0.497 e. The van der Waals surface area contributed by atoms with Crippen LogP contribution >= 0.6 is 0 Å². The highest BCUT2D eigenvalue weighted by molar-refractivity contribution is 5.92. The summed E-state index contributed by atoms with van der Waals surface area (Å²) < 4.78 is 5.28. The fraction of sp³-hybridized carbons (Fsp3) is 0.471. The van der Waals surface area contributed by atoms with Gasteiger partial charge in [-0.3, -0.25) is 0 Å². The van der Waals surface area contributed by atoms with Crippen molar-refractivity contribution in [2.75, 3.05) is 19.0 Å². The molecule has 4 nitrogen and oxygen atoms in total. The quantitative estimate of drug-likeness (QED) is 0.886. The zero-order valence-electron chi connectivity index (χ0n) is 12.5. The van der Waals surface area contributed by atoms with Gasteiger partial charge in [0.05, 0.1) is 7.11 Å². The number of anilines is 1. The number of hydrogen-bond donors (Lipinski definition) is 2. The molecule has 0 saturated heterocycles. The van der Waals surface area contributed by atoms with Crippen LogP contribution in [0.15, 0.2) is 30.5 Å². The number of pyridine rings is 1. The molecule has 0 bridgehead atoms. The van der Waals surface area contributed by atoms with Gasteiger partial charge in [-0.25, -0.2) is 4.98 Å². The summed E-state index contributed by atoms with van der Waals surface area (Å²) >= 11 is 0. The molecule has 21 heavy (non-hydrogen) atoms. The Morgan fingerprint density at radius 2 is 2.14 bits per heavy atom. The summed E-state index contributed by atoms with van der Waals surface area (Å²) in [7, 11) is 1.69. The Labute approximate surface area is 125 Å². The molecule has 2 aromatic rings. The average Bonchev–Trinajstić information content (AvgIpc) is 3.06. The van der Waals surface area contributed by atoms with Gasteiger partial charge < -0.3 is 15.8 Å². The van der Waals surface area contributed by atoms with E-state index in [1.165, 1.54) is 25.7 Å². The lowest BCUT2D eigenvalue weighted by atomic mass is 9.98. The highest BCUT2D eigenvalue weighted by Crippen LogP contribution is 2.31. The van der Waals surface area contributed by atoms with Crippen molar-refractivity contribution in [3.63, 3.8) is 0 Å². The number of benzene rings is 1. The van der Waals surface area contributed by atoms with Crippen LogP contribution < -0.4 is 15.8 Å². The van der Waals surface area contributed by atoms with Crippen LogP contribution in [-0.2, 0) is 0 Å². The van der Waals surface area contributed by atoms with Crippen molar-refractivity contribution in [2.24, 2.45) is 11.7 Å². The molecule has 1 aromatic heterocycles. The monoisotopic (exact) mass is 285 g/mol. The first-order valence-corrected chi connectivity index (χ1v) is 7.71. The van der Waals surface area contributed by atoms with Crippen molar-refractivity contribution >= 4 is 16.6 Å². The zero-order valence-corrected chi connectivity index (χ0v) is 12.5. The molecule has 1 saturated carbocycles. The zero-order chi connectivity index (χ0) is 14.7. The normalized spacial score (nSPS) is 17.0. The van der Waals surface area contributed by atoms with E-state index >= 15 is 0 Å². The van der Waals surface area contributed by atoms with Gasteiger partial charge in [0, 0.05) is 24.2 Å². The third-order valence-corrected chi connectivity index (χ3v) is 4.52. The molecule has 1 atom stereocenters. The van der Waals surface area contributed by atoms with Crippen LogP contribution in [0.2, 0.25) is 0 Å². The molecule has 0 amide bonds. The molecule has 4 heteroatoms. The number of rotatable bonds is 5. The lowest BCUT2D eigenvalue weighted by molar-refractivity contribution is 0.415. The smallest absolute Gasteiger partial charge is 0.134 e. The average molecular weight is 285 g/mol. The SMILES string of the molecule is COc1ccc2c(NC(CN)C3CCCC3)nccc2c1. The number of aromatic nitrogens is 1. The van der Waals surface area contributed by atoms with E-state index in [4.69, 9.17) is 10.5 Å². The van der Waals surface area contributed by atoms with E-state index in [1.807, 2.05) is 24.4 Å². The standard InChI is InChI=1S/C17H23N3O/c1-21-14-6-7-15-13(10-14)8-9-19-17(15)20-16(11-18)12-4-2-3-5-12/h6-10,12,16H,2-5,11,18H2,1H3,(H,19,20). The Balaban J connectivity index is 1.88. The molecule has 0 radical (unpaired) electrons. The number of ether oxygens (including phenoxy) is 1. The number of methoxy groups -OCH3 is 1. The van der Waals surface area contributed by atoms with Gasteiger partial charge in [0.15, 0.2) is 0 Å². The van der Waals surface area contributed by atoms with Crippen molar-refractivity contribution in [3.8, 4) is 5.75 Å². The Morgan fingerprint density at radius 3 is 2.86 bits per heavy atom. The van der Waals surface area contributed by atoms with Gasteiger partial charge in [0.25, 0.3) is 0 Å². The Bertz CT molecular complexity index is 608. The Hall–Kier alpha value is -1.81. The first kappa shape index (κ1) is 14.1. The van der Waals surface area contributed by atoms with Gasteiger partial charge in [-0.2, -0.15) is 0 Å². The molecule has 3 rings (SSSR count). The number of hydrogen-bond acceptors (Lipinski definition) is 4. The van der Waals surface area contributed by atoms with Crippen LogP contribution in [0.25, 0.3) is 10.8 Å². The fourth-order valence-electron chi connectivity index (χ4n) is 3.30. The van der Waals surface area contributed by atoms with E-state index < -0.39 is 0 Å². The lowest BCUT2D eigenvalue weighted by Gasteiger charge is -2.24. The molecule has 0 spiro atoms. The Kier molecular flexibility index (Phi) is 4.25. The second-order valence-electron chi connectivity index (χ2n) is 5.78.